The first-order valence-electron chi connectivity index (χ1n) is 9.69. The van der Waals surface area contributed by atoms with E-state index in [1.165, 1.54) is 0 Å². The number of nitrogens with zero attached hydrogens (tertiary/aromatic N) is 3. The van der Waals surface area contributed by atoms with Crippen LogP contribution in [0.5, 0.6) is 0 Å². The van der Waals surface area contributed by atoms with Crippen LogP contribution in [0.1, 0.15) is 6.23 Å². The number of H-pyrrole nitrogens is 1. The third kappa shape index (κ3) is 8.87. The number of nitrogen functional groups attached to an aromatic ring is 1. The first-order valence-corrected chi connectivity index (χ1v) is 17.3. The number of anilines is 1. The lowest BCUT2D eigenvalue weighted by molar-refractivity contribution is -0.0483. The molecule has 7 atom stereocenters. The Balaban J connectivity index is 1.91. The second-order valence-corrected chi connectivity index (χ2v) is 14.8. The highest BCUT2D eigenvalue weighted by molar-refractivity contribution is 7.66. The van der Waals surface area contributed by atoms with Crippen LogP contribution in [0.4, 0.5) is 5.95 Å². The fourth-order valence-electron chi connectivity index (χ4n) is 3.23. The van der Waals surface area contributed by atoms with Crippen molar-refractivity contribution in [3.8, 4) is 0 Å². The zero-order valence-corrected chi connectivity index (χ0v) is 23.3. The fraction of sp³-hybridized carbons (Fsp3) is 0.500. The number of phosphoric acid groups is 4. The van der Waals surface area contributed by atoms with Gasteiger partial charge in [0, 0.05) is 0 Å². The normalized spacial score (nSPS) is 26.8. The molecule has 3 heterocycles. The van der Waals surface area contributed by atoms with Gasteiger partial charge in [-0.05, 0) is 0 Å². The van der Waals surface area contributed by atoms with E-state index in [0.29, 0.717) is 0 Å². The lowest BCUT2D eigenvalue weighted by Gasteiger charge is -2.24. The van der Waals surface area contributed by atoms with Crippen molar-refractivity contribution in [2.75, 3.05) is 12.3 Å². The molecule has 0 aromatic carbocycles. The molecule has 2 aromatic heterocycles. The third-order valence-electron chi connectivity index (χ3n) is 4.45. The molecule has 1 fully saturated rings. The number of imidazole rings is 1. The number of nitrogens with one attached hydrogen (secondary N) is 2. The quantitative estimate of drug-likeness (QED) is 0.103. The van der Waals surface area contributed by atoms with Crippen LogP contribution in [-0.4, -0.2) is 83.7 Å². The highest BCUT2D eigenvalue weighted by atomic mass is 31.3. The molecule has 40 heavy (non-hydrogen) atoms. The van der Waals surface area contributed by atoms with Gasteiger partial charge >= 0.3 is 39.0 Å². The molecule has 0 bridgehead atoms. The van der Waals surface area contributed by atoms with Gasteiger partial charge in [-0.1, -0.05) is 0 Å². The molecule has 1 aliphatic heterocycles. The molecule has 25 nitrogen and oxygen atoms in total. The predicted molar refractivity (Wildman–Crippen MR) is 122 cm³/mol. The number of ether oxygens (including phenoxy) is 1. The maximum Gasteiger partial charge on any atom is 0.490 e. The van der Waals surface area contributed by atoms with Gasteiger partial charge in [0.1, 0.15) is 12.2 Å². The molecule has 0 amide bonds. The Kier molecular flexibility index (Phi) is 9.51. The number of aromatic amines is 1. The average molecular weight is 682 g/mol. The number of hydrogen-bond acceptors (Lipinski definition) is 15. The van der Waals surface area contributed by atoms with Gasteiger partial charge in [-0.2, -0.15) is 17.9 Å². The number of rotatable bonds is 12. The summed E-state index contributed by atoms with van der Waals surface area (Å²) in [5.41, 5.74) is 4.02. The number of aliphatic hydroxyl groups is 1. The van der Waals surface area contributed by atoms with Crippen molar-refractivity contribution in [3.05, 3.63) is 16.7 Å². The van der Waals surface area contributed by atoms with Crippen molar-refractivity contribution in [2.45, 2.75) is 24.5 Å². The minimum atomic E-state index is -5.93. The minimum absolute atomic E-state index is 0.309. The van der Waals surface area contributed by atoms with E-state index in [1.807, 2.05) is 0 Å². The van der Waals surface area contributed by atoms with Gasteiger partial charge in [0.25, 0.3) is 5.56 Å². The van der Waals surface area contributed by atoms with Gasteiger partial charge in [-0.3, -0.25) is 18.9 Å². The number of aliphatic hydroxyl groups excluding tert-OH is 1. The summed E-state index contributed by atoms with van der Waals surface area (Å²) in [6.07, 6.45) is -4.81. The van der Waals surface area contributed by atoms with Gasteiger partial charge in [0.15, 0.2) is 17.4 Å². The molecular weight excluding hydrogens is 663 g/mol. The fourth-order valence-corrected chi connectivity index (χ4v) is 8.30. The highest BCUT2D eigenvalue weighted by Crippen LogP contribution is 2.66. The number of aromatic nitrogens is 4. The largest absolute Gasteiger partial charge is 0.490 e. The number of fused-ring (bicyclic) bond motifs is 1. The zero-order chi connectivity index (χ0) is 30.5. The molecule has 0 saturated carbocycles. The summed E-state index contributed by atoms with van der Waals surface area (Å²) in [7, 11) is -28.5. The first kappa shape index (κ1) is 33.2. The van der Waals surface area contributed by atoms with Gasteiger partial charge in [-0.15, -0.1) is 0 Å². The van der Waals surface area contributed by atoms with Crippen molar-refractivity contribution in [1.29, 1.82) is 0 Å². The zero-order valence-electron chi connectivity index (χ0n) is 18.8. The van der Waals surface area contributed by atoms with Gasteiger partial charge < -0.3 is 49.8 Å². The van der Waals surface area contributed by atoms with Gasteiger partial charge in [0.05, 0.1) is 19.0 Å². The maximum atomic E-state index is 12.2. The smallest absolute Gasteiger partial charge is 0.387 e. The molecule has 12 N–H and O–H groups in total. The molecule has 30 heteroatoms. The number of phosphoric ester groups is 1. The van der Waals surface area contributed by atoms with Crippen molar-refractivity contribution in [3.63, 3.8) is 0 Å². The van der Waals surface area contributed by atoms with E-state index in [9.17, 15) is 47.4 Å². The van der Waals surface area contributed by atoms with E-state index < -0.39 is 81.6 Å². The SMILES string of the molecule is Nc1nc2c(ncn2[C@@H]2O[C@H](COP(=O)(O)OP(=O)(O)OP(=O)(O)O)[C@@H](NP(=O)(O)OP(=O)(O)O)[C@H]2O)c(=O)[nH]1. The molecule has 3 unspecified atom stereocenters. The van der Waals surface area contributed by atoms with Crippen LogP contribution in [0, 0.1) is 0 Å². The summed E-state index contributed by atoms with van der Waals surface area (Å²) in [6.45, 7) is -1.31. The van der Waals surface area contributed by atoms with E-state index in [0.717, 1.165) is 10.9 Å². The van der Waals surface area contributed by atoms with Crippen molar-refractivity contribution in [1.82, 2.24) is 24.6 Å². The van der Waals surface area contributed by atoms with Gasteiger partial charge in [0.2, 0.25) is 5.95 Å². The summed E-state index contributed by atoms with van der Waals surface area (Å²) in [5, 5.41) is 12.5. The number of hydrogen-bond donors (Lipinski definition) is 11. The Hall–Kier alpha value is -1.26. The Morgan fingerprint density at radius 3 is 2.17 bits per heavy atom. The van der Waals surface area contributed by atoms with E-state index in [2.05, 4.69) is 32.4 Å². The molecule has 0 spiro atoms. The van der Waals surface area contributed by atoms with Crippen LogP contribution < -0.4 is 16.4 Å². The Morgan fingerprint density at radius 2 is 1.60 bits per heavy atom. The molecule has 1 aliphatic rings. The van der Waals surface area contributed by atoms with Crippen molar-refractivity contribution < 1.29 is 84.4 Å². The summed E-state index contributed by atoms with van der Waals surface area (Å²) in [5.74, 6) is -0.416. The minimum Gasteiger partial charge on any atom is -0.387 e. The summed E-state index contributed by atoms with van der Waals surface area (Å²) < 4.78 is 79.2. The number of nitrogens with two attached hydrogens (primary N) is 1. The topological polar surface area (TPSA) is 395 Å². The predicted octanol–water partition coefficient (Wildman–Crippen LogP) is -2.53. The Bertz CT molecular complexity index is 1560. The van der Waals surface area contributed by atoms with Crippen LogP contribution in [0.2, 0.25) is 0 Å². The lowest BCUT2D eigenvalue weighted by Crippen LogP contribution is -2.44. The molecule has 2 aromatic rings. The third-order valence-corrected chi connectivity index (χ3v) is 10.6. The van der Waals surface area contributed by atoms with Crippen LogP contribution >= 0.6 is 39.0 Å². The van der Waals surface area contributed by atoms with Crippen LogP contribution in [0.3, 0.4) is 0 Å². The summed E-state index contributed by atoms with van der Waals surface area (Å²) in [6, 6.07) is -1.99. The van der Waals surface area contributed by atoms with Crippen LogP contribution in [-0.2, 0) is 45.0 Å². The molecule has 228 valence electrons. The lowest BCUT2D eigenvalue weighted by atomic mass is 10.1. The van der Waals surface area contributed by atoms with Gasteiger partial charge in [-0.25, -0.2) is 32.9 Å². The van der Waals surface area contributed by atoms with E-state index in [1.54, 1.807) is 5.09 Å². The average Bonchev–Trinajstić information content (AvgIpc) is 3.23. The Labute approximate surface area is 219 Å². The van der Waals surface area contributed by atoms with Crippen LogP contribution in [0.15, 0.2) is 11.1 Å². The van der Waals surface area contributed by atoms with E-state index in [-0.39, 0.29) is 11.2 Å². The molecule has 3 rings (SSSR count). The Morgan fingerprint density at radius 1 is 1.00 bits per heavy atom. The molecular formula is C10H19N6O19P5. The van der Waals surface area contributed by atoms with E-state index >= 15 is 0 Å². The standard InChI is InChI=1S/C10H19N6O19P5/c11-10-13-7-5(8(18)14-10)12-2-16(7)9-6(17)4(15-36(19,20)33-37(21,22)23)3(32-9)1-31-39(27,28)35-40(29,30)34-38(24,25)26/h2-4,6,9,17H,1H2,(H,27,28)(H,29,30)(H2,15,19,20)(H2,21,22,23)(H2,24,25,26)(H3,11,13,14,18)/t3-,4-,6-,9-/m1/s1. The molecule has 0 aliphatic carbocycles. The summed E-state index contributed by atoms with van der Waals surface area (Å²) >= 11 is 0. The monoisotopic (exact) mass is 682 g/mol. The summed E-state index contributed by atoms with van der Waals surface area (Å²) in [4.78, 5) is 85.4. The van der Waals surface area contributed by atoms with Crippen molar-refractivity contribution >= 4 is 56.1 Å². The highest BCUT2D eigenvalue weighted by Gasteiger charge is 2.50. The maximum absolute atomic E-state index is 12.2. The molecule has 1 saturated heterocycles. The first-order chi connectivity index (χ1) is 18.0. The second kappa shape index (κ2) is 11.4. The van der Waals surface area contributed by atoms with E-state index in [4.69, 9.17) is 30.0 Å². The second-order valence-electron chi connectivity index (χ2n) is 7.47. The van der Waals surface area contributed by atoms with Crippen LogP contribution in [0.25, 0.3) is 11.2 Å². The molecule has 0 radical (unpaired) electrons. The van der Waals surface area contributed by atoms with Crippen molar-refractivity contribution in [2.24, 2.45) is 0 Å².